The number of nitrogens with zero attached hydrogens (tertiary/aromatic N) is 1. The number of aryl methyl sites for hydroxylation is 2. The minimum Gasteiger partial charge on any atom is -0.493 e. The van der Waals surface area contributed by atoms with Crippen molar-refractivity contribution >= 4 is 17.5 Å². The maximum absolute atomic E-state index is 12.6. The van der Waals surface area contributed by atoms with Gasteiger partial charge in [0, 0.05) is 19.2 Å². The number of carbonyl (C=O) groups excluding carboxylic acids is 2. The quantitative estimate of drug-likeness (QED) is 0.601. The summed E-state index contributed by atoms with van der Waals surface area (Å²) in [5.41, 5.74) is 3.93. The van der Waals surface area contributed by atoms with Crippen LogP contribution in [0, 0.1) is 13.8 Å². The Morgan fingerprint density at radius 3 is 2.29 bits per heavy atom. The molecule has 0 aliphatic carbocycles. The third kappa shape index (κ3) is 7.00. The Kier molecular flexibility index (Phi) is 8.88. The van der Waals surface area contributed by atoms with Gasteiger partial charge in [-0.15, -0.1) is 0 Å². The van der Waals surface area contributed by atoms with Crippen molar-refractivity contribution in [3.05, 3.63) is 53.1 Å². The topological polar surface area (TPSA) is 72.3 Å². The van der Waals surface area contributed by atoms with Crippen LogP contribution in [-0.4, -0.2) is 64.7 Å². The van der Waals surface area contributed by atoms with Crippen molar-refractivity contribution in [1.82, 2.24) is 4.90 Å². The molecule has 1 atom stereocenters. The van der Waals surface area contributed by atoms with Gasteiger partial charge in [0.15, 0.2) is 18.0 Å². The normalized spacial score (nSPS) is 11.5. The summed E-state index contributed by atoms with van der Waals surface area (Å²) in [6.07, 6.45) is 0.802. The summed E-state index contributed by atoms with van der Waals surface area (Å²) >= 11 is 0. The van der Waals surface area contributed by atoms with Crippen molar-refractivity contribution < 1.29 is 24.0 Å². The van der Waals surface area contributed by atoms with Gasteiger partial charge in [-0.25, -0.2) is 0 Å². The number of ether oxygens (including phenoxy) is 2. The van der Waals surface area contributed by atoms with Gasteiger partial charge in [0.2, 0.25) is 5.91 Å². The number of carbonyl (C=O) groups is 2. The molecule has 0 aliphatic heterocycles. The molecule has 0 spiro atoms. The smallest absolute Gasteiger partial charge is 0.277 e. The van der Waals surface area contributed by atoms with Crippen molar-refractivity contribution in [2.24, 2.45) is 0 Å². The Balaban J connectivity index is 1.83. The average Bonchev–Trinajstić information content (AvgIpc) is 2.74. The predicted molar refractivity (Wildman–Crippen MR) is 122 cm³/mol. The highest BCUT2D eigenvalue weighted by molar-refractivity contribution is 5.95. The number of amides is 2. The number of hydrogen-bond acceptors (Lipinski definition) is 4. The Labute approximate surface area is 184 Å². The average molecular weight is 429 g/mol. The van der Waals surface area contributed by atoms with Crippen LogP contribution in [0.25, 0.3) is 0 Å². The van der Waals surface area contributed by atoms with Crippen LogP contribution in [0.1, 0.15) is 16.7 Å². The highest BCUT2D eigenvalue weighted by Gasteiger charge is 2.18. The van der Waals surface area contributed by atoms with Gasteiger partial charge < -0.3 is 24.6 Å². The maximum atomic E-state index is 12.6. The fourth-order valence-electron chi connectivity index (χ4n) is 3.37. The van der Waals surface area contributed by atoms with E-state index in [4.69, 9.17) is 9.47 Å². The Hall–Kier alpha value is -3.06. The second-order valence-electron chi connectivity index (χ2n) is 7.89. The first-order valence-corrected chi connectivity index (χ1v) is 10.4. The summed E-state index contributed by atoms with van der Waals surface area (Å²) in [6.45, 7) is 5.03. The first-order chi connectivity index (χ1) is 14.7. The lowest BCUT2D eigenvalue weighted by Crippen LogP contribution is -3.10. The molecule has 0 saturated heterocycles. The molecular weight excluding hydrogens is 394 g/mol. The monoisotopic (exact) mass is 428 g/mol. The zero-order chi connectivity index (χ0) is 23.0. The van der Waals surface area contributed by atoms with Crippen LogP contribution in [0.3, 0.4) is 0 Å². The molecule has 0 aliphatic rings. The van der Waals surface area contributed by atoms with E-state index in [1.807, 2.05) is 57.3 Å². The molecule has 7 heteroatoms. The molecule has 0 aromatic heterocycles. The van der Waals surface area contributed by atoms with Gasteiger partial charge in [0.25, 0.3) is 5.91 Å². The van der Waals surface area contributed by atoms with Crippen LogP contribution in [0.15, 0.2) is 36.4 Å². The molecule has 168 valence electrons. The van der Waals surface area contributed by atoms with Crippen molar-refractivity contribution in [2.45, 2.75) is 20.3 Å². The standard InChI is InChI=1S/C24H33N3O4/c1-17-8-7-9-18(2)24(17)25-22(28)15-27(4)23(29)16-26(3)13-12-19-10-11-20(30-5)21(14-19)31-6/h7-11,14H,12-13,15-16H2,1-6H3,(H,25,28)/p+1. The molecule has 0 bridgehead atoms. The summed E-state index contributed by atoms with van der Waals surface area (Å²) in [7, 11) is 6.86. The number of rotatable bonds is 10. The van der Waals surface area contributed by atoms with Crippen molar-refractivity contribution in [1.29, 1.82) is 0 Å². The third-order valence-corrected chi connectivity index (χ3v) is 5.29. The van der Waals surface area contributed by atoms with Crippen LogP contribution in [-0.2, 0) is 16.0 Å². The number of benzene rings is 2. The second-order valence-corrected chi connectivity index (χ2v) is 7.89. The third-order valence-electron chi connectivity index (χ3n) is 5.29. The van der Waals surface area contributed by atoms with Gasteiger partial charge >= 0.3 is 0 Å². The van der Waals surface area contributed by atoms with E-state index in [1.165, 1.54) is 4.90 Å². The van der Waals surface area contributed by atoms with E-state index < -0.39 is 0 Å². The highest BCUT2D eigenvalue weighted by atomic mass is 16.5. The van der Waals surface area contributed by atoms with Gasteiger partial charge in [0.1, 0.15) is 0 Å². The molecule has 2 N–H and O–H groups in total. The minimum atomic E-state index is -0.198. The largest absolute Gasteiger partial charge is 0.493 e. The Morgan fingerprint density at radius 1 is 1.03 bits per heavy atom. The van der Waals surface area contributed by atoms with Crippen LogP contribution in [0.4, 0.5) is 5.69 Å². The number of hydrogen-bond donors (Lipinski definition) is 2. The van der Waals surface area contributed by atoms with Crippen LogP contribution in [0.5, 0.6) is 11.5 Å². The lowest BCUT2D eigenvalue weighted by molar-refractivity contribution is -0.871. The summed E-state index contributed by atoms with van der Waals surface area (Å²) in [5.74, 6) is 1.13. The van der Waals surface area contributed by atoms with Crippen molar-refractivity contribution in [3.8, 4) is 11.5 Å². The lowest BCUT2D eigenvalue weighted by Gasteiger charge is -2.20. The Bertz CT molecular complexity index is 893. The molecule has 0 radical (unpaired) electrons. The van der Waals surface area contributed by atoms with Crippen LogP contribution < -0.4 is 19.7 Å². The van der Waals surface area contributed by atoms with Gasteiger partial charge in [-0.05, 0) is 42.7 Å². The molecule has 0 fully saturated rings. The minimum absolute atomic E-state index is 0.0234. The fourth-order valence-corrected chi connectivity index (χ4v) is 3.37. The number of para-hydroxylation sites is 1. The zero-order valence-electron chi connectivity index (χ0n) is 19.4. The van der Waals surface area contributed by atoms with Crippen LogP contribution >= 0.6 is 0 Å². The molecule has 1 unspecified atom stereocenters. The van der Waals surface area contributed by atoms with Crippen molar-refractivity contribution in [2.75, 3.05) is 53.3 Å². The first-order valence-electron chi connectivity index (χ1n) is 10.4. The number of likely N-dealkylation sites (N-methyl/N-ethyl adjacent to an activating group) is 2. The van der Waals surface area contributed by atoms with Gasteiger partial charge in [-0.1, -0.05) is 24.3 Å². The molecule has 0 heterocycles. The summed E-state index contributed by atoms with van der Waals surface area (Å²) in [6, 6.07) is 11.7. The highest BCUT2D eigenvalue weighted by Crippen LogP contribution is 2.27. The first kappa shape index (κ1) is 24.2. The van der Waals surface area contributed by atoms with E-state index in [1.54, 1.807) is 21.3 Å². The van der Waals surface area contributed by atoms with E-state index in [2.05, 4.69) is 5.32 Å². The predicted octanol–water partition coefficient (Wildman–Crippen LogP) is 1.47. The number of anilines is 1. The Morgan fingerprint density at radius 2 is 1.68 bits per heavy atom. The summed E-state index contributed by atoms with van der Waals surface area (Å²) in [5, 5.41) is 2.92. The molecule has 0 saturated carbocycles. The molecular formula is C24H34N3O4+. The summed E-state index contributed by atoms with van der Waals surface area (Å²) < 4.78 is 10.6. The maximum Gasteiger partial charge on any atom is 0.277 e. The van der Waals surface area contributed by atoms with E-state index in [-0.39, 0.29) is 18.4 Å². The summed E-state index contributed by atoms with van der Waals surface area (Å²) in [4.78, 5) is 27.5. The molecule has 2 aromatic rings. The van der Waals surface area contributed by atoms with Crippen LogP contribution in [0.2, 0.25) is 0 Å². The van der Waals surface area contributed by atoms with Gasteiger partial charge in [-0.2, -0.15) is 0 Å². The van der Waals surface area contributed by atoms with Gasteiger partial charge in [0.05, 0.1) is 34.4 Å². The van der Waals surface area contributed by atoms with E-state index in [0.29, 0.717) is 18.0 Å². The lowest BCUT2D eigenvalue weighted by atomic mass is 10.1. The van der Waals surface area contributed by atoms with E-state index in [0.717, 1.165) is 40.2 Å². The molecule has 7 nitrogen and oxygen atoms in total. The number of methoxy groups -OCH3 is 2. The second kappa shape index (κ2) is 11.4. The molecule has 2 rings (SSSR count). The van der Waals surface area contributed by atoms with Gasteiger partial charge in [-0.3, -0.25) is 9.59 Å². The molecule has 2 amide bonds. The van der Waals surface area contributed by atoms with Crippen molar-refractivity contribution in [3.63, 3.8) is 0 Å². The number of nitrogens with one attached hydrogen (secondary N) is 2. The SMILES string of the molecule is COc1ccc(CC[NH+](C)CC(=O)N(C)CC(=O)Nc2c(C)cccc2C)cc1OC. The molecule has 2 aromatic carbocycles. The zero-order valence-corrected chi connectivity index (χ0v) is 19.4. The number of quaternary nitrogens is 1. The molecule has 31 heavy (non-hydrogen) atoms. The van der Waals surface area contributed by atoms with E-state index in [9.17, 15) is 9.59 Å². The van der Waals surface area contributed by atoms with E-state index >= 15 is 0 Å². The fraction of sp³-hybridized carbons (Fsp3) is 0.417.